The number of aliphatic hydroxyl groups excluding tert-OH is 10. The van der Waals surface area contributed by atoms with Crippen LogP contribution in [-0.2, 0) is 132 Å². The predicted molar refractivity (Wildman–Crippen MR) is 353 cm³/mol. The van der Waals surface area contributed by atoms with Crippen molar-refractivity contribution in [1.82, 2.24) is 31.9 Å². The Kier molecular flexibility index (Phi) is 40.2. The van der Waals surface area contributed by atoms with Crippen LogP contribution >= 0.6 is 15.6 Å². The van der Waals surface area contributed by atoms with Gasteiger partial charge in [0.1, 0.15) is 128 Å². The van der Waals surface area contributed by atoms with Gasteiger partial charge in [0.2, 0.25) is 35.4 Å². The zero-order valence-corrected chi connectivity index (χ0v) is 69.4. The Hall–Kier alpha value is -3.39. The van der Waals surface area contributed by atoms with Crippen molar-refractivity contribution in [2.24, 2.45) is 11.7 Å². The number of nitrogens with one attached hydrogen (secondary N) is 6. The SMILES string of the molecule is CC(=O)N[C@H]1[C@H](O[C@@H]2[C@H](OC(C)=O)[C@@H](NC(C)=O)[C@@H](OP(=O)([O-])O[C@H]3[C@@H](O)[C@@H](CO)O[C@@H](O[C@@H]4[C@H](OC(C)=O)[C@@H](NC(C)=O)[C@@H](OP(=O)([O-])O[C@H]5[C@@H](O)[C@@H](CO)O[C@@H](O[C@@H]6[C@H](OC(C)=O)[C@@H](NC(C)=O)[C@@H](OCCC7CCC(N)CC7)O[C@@H]6CO)[C@@H]5NC(C)=O)O[C@@H]4CO)[C@@H]3NC(C)=O)O[C@@H]2CO)O[C@H](CO)[C@H](O)[C@@H]1O.[Na+].[Na+]. The Morgan fingerprint density at radius 1 is 0.363 bits per heavy atom. The molecule has 1 aliphatic carbocycles. The first kappa shape index (κ1) is 100. The maximum atomic E-state index is 14.7. The zero-order valence-electron chi connectivity index (χ0n) is 63.7. The molecule has 7 rings (SSSR count). The van der Waals surface area contributed by atoms with E-state index in [1.165, 1.54) is 0 Å². The molecule has 6 aliphatic heterocycles. The minimum atomic E-state index is -6.35. The topological polar surface area (TPSA) is 691 Å². The second-order valence-electron chi connectivity index (χ2n) is 27.4. The summed E-state index contributed by atoms with van der Waals surface area (Å²) in [6.07, 6.45) is -45.9. The molecule has 6 saturated heterocycles. The molecule has 0 spiro atoms. The first-order valence-electron chi connectivity index (χ1n) is 35.3. The van der Waals surface area contributed by atoms with E-state index in [1.54, 1.807) is 0 Å². The number of phosphoric ester groups is 2. The molecule has 0 aromatic carbocycles. The molecular formula is C62H101N7Na2O40P2. The first-order chi connectivity index (χ1) is 52.2. The molecule has 7 fully saturated rings. The molecule has 18 N–H and O–H groups in total. The monoisotopic (exact) mass is 1690 g/mol. The van der Waals surface area contributed by atoms with Crippen LogP contribution in [0, 0.1) is 5.92 Å². The van der Waals surface area contributed by atoms with Crippen LogP contribution in [0.4, 0.5) is 0 Å². The third-order valence-corrected chi connectivity index (χ3v) is 20.7. The van der Waals surface area contributed by atoms with Gasteiger partial charge < -0.3 is 169 Å². The van der Waals surface area contributed by atoms with Crippen LogP contribution in [-0.4, -0.2) is 341 Å². The minimum absolute atomic E-state index is 0. The van der Waals surface area contributed by atoms with Crippen molar-refractivity contribution in [3.05, 3.63) is 0 Å². The van der Waals surface area contributed by atoms with Crippen molar-refractivity contribution < 1.29 is 252 Å². The third-order valence-electron chi connectivity index (χ3n) is 18.7. The van der Waals surface area contributed by atoms with E-state index in [0.29, 0.717) is 6.42 Å². The van der Waals surface area contributed by atoms with E-state index in [0.717, 1.165) is 88.0 Å². The van der Waals surface area contributed by atoms with E-state index in [-0.39, 0.29) is 77.7 Å². The first-order valence-corrected chi connectivity index (χ1v) is 38.2. The number of rotatable bonds is 33. The molecule has 6 heterocycles. The zero-order chi connectivity index (χ0) is 82.4. The Bertz CT molecular complexity index is 3260. The standard InChI is InChI=1S/C62H103N7O40P2.2Na/c1-22(76)64-39-48(88)45(85)33(16-70)97-58(39)103-50-37(20-74)101-61(43(68-26(5)80)55(50)95-29(8)83)108-110(89,90)107-53-41(66-24(3)78)60(99-35(18-72)47(53)87)105-51-38(21-75)102-62(44(69-27(6)81)56(51)96-30(9)84)109-111(91,92)106-52-40(65-23(2)77)59(98-34(17-71)46(52)86)104-49-36(19-73)100-57(42(67-25(4)79)54(49)94-28(7)82)93-15-14-31-10-12-32(63)13-11-31;;/h31-62,70-75,85-88H,10-21,63H2,1-9H3,(H,64,76)(H,65,77)(H,66,78)(H,67,79)(H,68,80)(H,69,81)(H,89,90)(H,91,92);;/q;2*+1/p-2/t31?,32?,33-,34-,35-,36-,37-,38-,39-,40-,41-,42-,43-,44-,45+,46+,47+,48-,49+,50+,51+,52-,53-,54-,55-,56-,57+,58+,59+,60+,61-,62-;;/m1../s1. The van der Waals surface area contributed by atoms with Crippen molar-refractivity contribution in [3.63, 3.8) is 0 Å². The number of amides is 6. The second kappa shape index (κ2) is 45.3. The Balaban J connectivity index is 0.0000114. The van der Waals surface area contributed by atoms with Gasteiger partial charge >= 0.3 is 77.0 Å². The molecule has 51 heteroatoms. The summed E-state index contributed by atoms with van der Waals surface area (Å²) in [5.74, 6) is -8.96. The van der Waals surface area contributed by atoms with Crippen molar-refractivity contribution in [2.75, 3.05) is 46.2 Å². The largest absolute Gasteiger partial charge is 1.00 e. The van der Waals surface area contributed by atoms with E-state index >= 15 is 0 Å². The number of nitrogens with two attached hydrogens (primary N) is 1. The molecule has 32 atom stereocenters. The van der Waals surface area contributed by atoms with Crippen LogP contribution in [0.5, 0.6) is 0 Å². The summed E-state index contributed by atoms with van der Waals surface area (Å²) >= 11 is 0. The normalized spacial score (nSPS) is 39.0. The van der Waals surface area contributed by atoms with Crippen molar-refractivity contribution in [2.45, 2.75) is 284 Å². The summed E-state index contributed by atoms with van der Waals surface area (Å²) in [6, 6.07) is -11.7. The van der Waals surface area contributed by atoms with Crippen LogP contribution < -0.4 is 107 Å². The smallest absolute Gasteiger partial charge is 0.756 e. The van der Waals surface area contributed by atoms with Gasteiger partial charge in [-0.3, -0.25) is 61.3 Å². The molecule has 1 saturated carbocycles. The summed E-state index contributed by atoms with van der Waals surface area (Å²) in [5.41, 5.74) is 6.09. The van der Waals surface area contributed by atoms with Crippen LogP contribution in [0.15, 0.2) is 0 Å². The Morgan fingerprint density at radius 3 is 0.929 bits per heavy atom. The number of aliphatic hydroxyl groups is 10. The van der Waals surface area contributed by atoms with Gasteiger partial charge in [-0.2, -0.15) is 0 Å². The maximum Gasteiger partial charge on any atom is 1.00 e. The summed E-state index contributed by atoms with van der Waals surface area (Å²) in [6.45, 7) is 1.35. The summed E-state index contributed by atoms with van der Waals surface area (Å²) in [4.78, 5) is 146. The molecule has 47 nitrogen and oxygen atoms in total. The van der Waals surface area contributed by atoms with Crippen LogP contribution in [0.2, 0.25) is 0 Å². The van der Waals surface area contributed by atoms with Crippen molar-refractivity contribution in [1.29, 1.82) is 0 Å². The van der Waals surface area contributed by atoms with Gasteiger partial charge in [-0.05, 0) is 38.0 Å². The molecular weight excluding hydrogens is 1590 g/mol. The Labute approximate surface area is 690 Å². The number of carbonyl (C=O) groups is 9. The summed E-state index contributed by atoms with van der Waals surface area (Å²) in [7, 11) is -12.7. The second-order valence-corrected chi connectivity index (χ2v) is 30.0. The molecule has 0 aromatic heterocycles. The molecule has 113 heavy (non-hydrogen) atoms. The molecule has 0 aromatic rings. The maximum absolute atomic E-state index is 14.7. The number of carbonyl (C=O) groups excluding carboxylic acids is 9. The van der Waals surface area contributed by atoms with Crippen molar-refractivity contribution >= 4 is 69.0 Å². The van der Waals surface area contributed by atoms with Crippen LogP contribution in [0.25, 0.3) is 0 Å². The molecule has 2 unspecified atom stereocenters. The van der Waals surface area contributed by atoms with E-state index in [4.69, 9.17) is 85.4 Å². The fraction of sp³-hybridized carbons (Fsp3) is 0.855. The fourth-order valence-corrected chi connectivity index (χ4v) is 16.1. The van der Waals surface area contributed by atoms with Gasteiger partial charge in [0.05, 0.1) is 46.2 Å². The van der Waals surface area contributed by atoms with Crippen molar-refractivity contribution in [3.8, 4) is 0 Å². The van der Waals surface area contributed by atoms with E-state index in [9.17, 15) is 113 Å². The number of phosphoric acid groups is 2. The van der Waals surface area contributed by atoms with Crippen LogP contribution in [0.3, 0.4) is 0 Å². The molecule has 636 valence electrons. The quantitative estimate of drug-likeness (QED) is 0.0126. The summed E-state index contributed by atoms with van der Waals surface area (Å²) in [5, 5.41) is 123. The fourth-order valence-electron chi connectivity index (χ4n) is 14.0. The van der Waals surface area contributed by atoms with Crippen LogP contribution in [0.1, 0.15) is 94.4 Å². The number of hydrogen-bond acceptors (Lipinski definition) is 41. The molecule has 6 amide bonds. The minimum Gasteiger partial charge on any atom is -0.756 e. The van der Waals surface area contributed by atoms with Gasteiger partial charge in [0.15, 0.2) is 56.1 Å². The summed E-state index contributed by atoms with van der Waals surface area (Å²) < 4.78 is 128. The Morgan fingerprint density at radius 2 is 0.628 bits per heavy atom. The van der Waals surface area contributed by atoms with Gasteiger partial charge in [0.25, 0.3) is 15.6 Å². The third kappa shape index (κ3) is 27.3. The molecule has 0 radical (unpaired) electrons. The van der Waals surface area contributed by atoms with E-state index in [1.807, 2.05) is 0 Å². The van der Waals surface area contributed by atoms with Gasteiger partial charge in [-0.25, -0.2) is 0 Å². The van der Waals surface area contributed by atoms with E-state index in [2.05, 4.69) is 31.9 Å². The number of hydrogen-bond donors (Lipinski definition) is 17. The van der Waals surface area contributed by atoms with Gasteiger partial charge in [-0.15, -0.1) is 0 Å². The number of ether oxygens (including phenoxy) is 13. The molecule has 0 bridgehead atoms. The number of esters is 3. The average molecular weight is 1690 g/mol. The van der Waals surface area contributed by atoms with E-state index < -0.39 is 293 Å². The predicted octanol–water partition coefficient (Wildman–Crippen LogP) is -16.6. The van der Waals surface area contributed by atoms with Gasteiger partial charge in [0, 0.05) is 68.4 Å². The van der Waals surface area contributed by atoms with Gasteiger partial charge in [-0.1, -0.05) is 0 Å². The average Bonchev–Trinajstić information content (AvgIpc) is 0.769. The molecule has 7 aliphatic rings.